The number of esters is 1. The molecule has 1 aromatic rings. The zero-order valence-electron chi connectivity index (χ0n) is 11.2. The van der Waals surface area contributed by atoms with Gasteiger partial charge in [0.05, 0.1) is 29.8 Å². The van der Waals surface area contributed by atoms with Gasteiger partial charge in [-0.05, 0) is 19.1 Å². The first-order chi connectivity index (χ1) is 9.43. The van der Waals surface area contributed by atoms with Crippen molar-refractivity contribution < 1.29 is 24.3 Å². The summed E-state index contributed by atoms with van der Waals surface area (Å²) in [7, 11) is 1.28. The molecular formula is C13H15NO6. The summed E-state index contributed by atoms with van der Waals surface area (Å²) in [5.41, 5.74) is -0.761. The number of nitrogens with zero attached hydrogens (tertiary/aromatic N) is 1. The molecule has 7 heteroatoms. The number of rotatable bonds is 6. The van der Waals surface area contributed by atoms with Crippen LogP contribution in [0.4, 0.5) is 5.69 Å². The van der Waals surface area contributed by atoms with Crippen LogP contribution in [0, 0.1) is 10.1 Å². The number of nitro benzene ring substituents is 1. The second-order valence-electron chi connectivity index (χ2n) is 3.80. The van der Waals surface area contributed by atoms with Crippen LogP contribution in [0.2, 0.25) is 0 Å². The van der Waals surface area contributed by atoms with E-state index in [2.05, 4.69) is 6.58 Å². The van der Waals surface area contributed by atoms with Gasteiger partial charge in [-0.3, -0.25) is 10.1 Å². The summed E-state index contributed by atoms with van der Waals surface area (Å²) in [5, 5.41) is 21.2. The number of aliphatic hydroxyl groups is 1. The number of nitro groups is 1. The Morgan fingerprint density at radius 3 is 2.70 bits per heavy atom. The van der Waals surface area contributed by atoms with Gasteiger partial charge in [-0.1, -0.05) is 12.6 Å². The van der Waals surface area contributed by atoms with E-state index in [4.69, 9.17) is 9.47 Å². The van der Waals surface area contributed by atoms with E-state index in [-0.39, 0.29) is 23.5 Å². The zero-order valence-corrected chi connectivity index (χ0v) is 11.2. The fourth-order valence-corrected chi connectivity index (χ4v) is 1.64. The van der Waals surface area contributed by atoms with Crippen LogP contribution in [-0.4, -0.2) is 29.7 Å². The second kappa shape index (κ2) is 6.67. The lowest BCUT2D eigenvalue weighted by Gasteiger charge is -2.14. The minimum absolute atomic E-state index is 0.0109. The summed E-state index contributed by atoms with van der Waals surface area (Å²) in [6, 6.07) is 4.19. The van der Waals surface area contributed by atoms with Gasteiger partial charge < -0.3 is 14.6 Å². The standard InChI is InChI=1S/C13H15NO6/c1-4-20-13(16)8(2)12(15)9-6-5-7-10(19-3)11(9)14(17)18/h5-7,12,15H,2,4H2,1,3H3. The smallest absolute Gasteiger partial charge is 0.336 e. The van der Waals surface area contributed by atoms with Crippen molar-refractivity contribution in [2.45, 2.75) is 13.0 Å². The van der Waals surface area contributed by atoms with Crippen molar-refractivity contribution in [2.24, 2.45) is 0 Å². The maximum atomic E-state index is 11.5. The van der Waals surface area contributed by atoms with Crippen LogP contribution in [0.25, 0.3) is 0 Å². The van der Waals surface area contributed by atoms with E-state index in [9.17, 15) is 20.0 Å². The number of para-hydroxylation sites is 1. The zero-order chi connectivity index (χ0) is 15.3. The molecule has 7 nitrogen and oxygen atoms in total. The lowest BCUT2D eigenvalue weighted by atomic mass is 10.0. The van der Waals surface area contributed by atoms with Gasteiger partial charge in [-0.15, -0.1) is 0 Å². The number of hydrogen-bond acceptors (Lipinski definition) is 6. The molecule has 0 saturated heterocycles. The maximum Gasteiger partial charge on any atom is 0.336 e. The molecule has 20 heavy (non-hydrogen) atoms. The number of aliphatic hydroxyl groups excluding tert-OH is 1. The Morgan fingerprint density at radius 2 is 2.20 bits per heavy atom. The van der Waals surface area contributed by atoms with E-state index < -0.39 is 22.7 Å². The lowest BCUT2D eigenvalue weighted by molar-refractivity contribution is -0.387. The molecule has 0 saturated carbocycles. The minimum atomic E-state index is -1.54. The van der Waals surface area contributed by atoms with Crippen molar-refractivity contribution in [2.75, 3.05) is 13.7 Å². The molecule has 0 aliphatic heterocycles. The fourth-order valence-electron chi connectivity index (χ4n) is 1.64. The molecule has 1 unspecified atom stereocenters. The molecular weight excluding hydrogens is 266 g/mol. The third-order valence-corrected chi connectivity index (χ3v) is 2.59. The molecule has 0 heterocycles. The van der Waals surface area contributed by atoms with Crippen molar-refractivity contribution in [3.8, 4) is 5.75 Å². The number of carbonyl (C=O) groups excluding carboxylic acids is 1. The van der Waals surface area contributed by atoms with Crippen LogP contribution >= 0.6 is 0 Å². The van der Waals surface area contributed by atoms with E-state index >= 15 is 0 Å². The predicted octanol–water partition coefficient (Wildman–Crippen LogP) is 1.76. The molecule has 0 aromatic heterocycles. The highest BCUT2D eigenvalue weighted by Gasteiger charge is 2.29. The van der Waals surface area contributed by atoms with Crippen molar-refractivity contribution in [3.05, 3.63) is 46.0 Å². The molecule has 1 N–H and O–H groups in total. The average molecular weight is 281 g/mol. The summed E-state index contributed by atoms with van der Waals surface area (Å²) in [6.07, 6.45) is -1.54. The SMILES string of the molecule is C=C(C(=O)OCC)C(O)c1cccc(OC)c1[N+](=O)[O-]. The van der Waals surface area contributed by atoms with Crippen LogP contribution in [0.15, 0.2) is 30.4 Å². The van der Waals surface area contributed by atoms with Gasteiger partial charge in [0, 0.05) is 0 Å². The van der Waals surface area contributed by atoms with E-state index in [1.807, 2.05) is 0 Å². The third kappa shape index (κ3) is 3.12. The van der Waals surface area contributed by atoms with E-state index in [1.165, 1.54) is 25.3 Å². The van der Waals surface area contributed by atoms with Crippen molar-refractivity contribution in [1.29, 1.82) is 0 Å². The van der Waals surface area contributed by atoms with Gasteiger partial charge >= 0.3 is 11.7 Å². The third-order valence-electron chi connectivity index (χ3n) is 2.59. The highest BCUT2D eigenvalue weighted by Crippen LogP contribution is 2.36. The molecule has 0 radical (unpaired) electrons. The minimum Gasteiger partial charge on any atom is -0.490 e. The van der Waals surface area contributed by atoms with Gasteiger partial charge in [0.2, 0.25) is 0 Å². The van der Waals surface area contributed by atoms with Crippen LogP contribution in [0.3, 0.4) is 0 Å². The Hall–Kier alpha value is -2.41. The van der Waals surface area contributed by atoms with E-state index in [0.717, 1.165) is 0 Å². The molecule has 0 bridgehead atoms. The Bertz CT molecular complexity index is 540. The first kappa shape index (κ1) is 15.6. The molecule has 0 fully saturated rings. The van der Waals surface area contributed by atoms with Crippen molar-refractivity contribution in [1.82, 2.24) is 0 Å². The van der Waals surface area contributed by atoms with Gasteiger partial charge in [0.1, 0.15) is 6.10 Å². The first-order valence-corrected chi connectivity index (χ1v) is 5.79. The number of benzene rings is 1. The molecule has 0 spiro atoms. The molecule has 1 aromatic carbocycles. The number of carbonyl (C=O) groups is 1. The Kier molecular flexibility index (Phi) is 5.22. The molecule has 1 atom stereocenters. The van der Waals surface area contributed by atoms with Gasteiger partial charge in [0.25, 0.3) is 0 Å². The van der Waals surface area contributed by atoms with Crippen molar-refractivity contribution >= 4 is 11.7 Å². The highest BCUT2D eigenvalue weighted by molar-refractivity contribution is 5.89. The average Bonchev–Trinajstić information content (AvgIpc) is 2.44. The summed E-state index contributed by atoms with van der Waals surface area (Å²) in [6.45, 7) is 5.14. The Morgan fingerprint density at radius 1 is 1.55 bits per heavy atom. The largest absolute Gasteiger partial charge is 0.490 e. The Balaban J connectivity index is 3.22. The second-order valence-corrected chi connectivity index (χ2v) is 3.80. The summed E-state index contributed by atoms with van der Waals surface area (Å²) in [4.78, 5) is 21.9. The van der Waals surface area contributed by atoms with Crippen LogP contribution in [-0.2, 0) is 9.53 Å². The fraction of sp³-hybridized carbons (Fsp3) is 0.308. The topological polar surface area (TPSA) is 98.9 Å². The summed E-state index contributed by atoms with van der Waals surface area (Å²) in [5.74, 6) is -0.819. The van der Waals surface area contributed by atoms with Crippen LogP contribution in [0.5, 0.6) is 5.75 Å². The van der Waals surface area contributed by atoms with E-state index in [0.29, 0.717) is 0 Å². The van der Waals surface area contributed by atoms with Crippen LogP contribution in [0.1, 0.15) is 18.6 Å². The number of methoxy groups -OCH3 is 1. The van der Waals surface area contributed by atoms with E-state index in [1.54, 1.807) is 6.92 Å². The van der Waals surface area contributed by atoms with Crippen LogP contribution < -0.4 is 4.74 Å². The maximum absolute atomic E-state index is 11.5. The molecule has 108 valence electrons. The molecule has 0 aliphatic carbocycles. The summed E-state index contributed by atoms with van der Waals surface area (Å²) < 4.78 is 9.59. The first-order valence-electron chi connectivity index (χ1n) is 5.79. The monoisotopic (exact) mass is 281 g/mol. The van der Waals surface area contributed by atoms with Gasteiger partial charge in [-0.25, -0.2) is 4.79 Å². The number of ether oxygens (including phenoxy) is 2. The molecule has 1 rings (SSSR count). The Labute approximate surface area is 115 Å². The highest BCUT2D eigenvalue weighted by atomic mass is 16.6. The molecule has 0 aliphatic rings. The van der Waals surface area contributed by atoms with Gasteiger partial charge in [-0.2, -0.15) is 0 Å². The summed E-state index contributed by atoms with van der Waals surface area (Å²) >= 11 is 0. The normalized spacial score (nSPS) is 11.6. The number of hydrogen-bond donors (Lipinski definition) is 1. The predicted molar refractivity (Wildman–Crippen MR) is 70.4 cm³/mol. The van der Waals surface area contributed by atoms with Crippen molar-refractivity contribution in [3.63, 3.8) is 0 Å². The lowest BCUT2D eigenvalue weighted by Crippen LogP contribution is -2.15. The quantitative estimate of drug-likeness (QED) is 0.369. The molecule has 0 amide bonds. The van der Waals surface area contributed by atoms with Gasteiger partial charge in [0.15, 0.2) is 5.75 Å².